The molecule has 2 heterocycles. The summed E-state index contributed by atoms with van der Waals surface area (Å²) in [5.74, 6) is 1.19. The van der Waals surface area contributed by atoms with Crippen LogP contribution < -0.4 is 14.2 Å². The van der Waals surface area contributed by atoms with Crippen molar-refractivity contribution in [1.29, 1.82) is 0 Å². The van der Waals surface area contributed by atoms with Gasteiger partial charge in [0.2, 0.25) is 15.9 Å². The Balaban J connectivity index is 1.31. The second kappa shape index (κ2) is 9.48. The molecule has 3 aromatic rings. The van der Waals surface area contributed by atoms with E-state index in [2.05, 4.69) is 4.72 Å². The largest absolute Gasteiger partial charge is 0.486 e. The second-order valence-electron chi connectivity index (χ2n) is 8.40. The van der Waals surface area contributed by atoms with Crippen molar-refractivity contribution in [3.05, 3.63) is 77.9 Å². The van der Waals surface area contributed by atoms with Crippen LogP contribution in [0.25, 0.3) is 11.1 Å². The van der Waals surface area contributed by atoms with Crippen molar-refractivity contribution in [2.45, 2.75) is 30.8 Å². The third-order valence-electron chi connectivity index (χ3n) is 6.10. The molecule has 0 saturated carbocycles. The van der Waals surface area contributed by atoms with Gasteiger partial charge in [-0.3, -0.25) is 4.79 Å². The van der Waals surface area contributed by atoms with E-state index in [0.29, 0.717) is 37.7 Å². The number of hydrogen-bond acceptors (Lipinski definition) is 5. The smallest absolute Gasteiger partial charge is 0.241 e. The van der Waals surface area contributed by atoms with E-state index in [4.69, 9.17) is 9.47 Å². The maximum absolute atomic E-state index is 12.9. The lowest BCUT2D eigenvalue weighted by atomic mass is 9.98. The fraction of sp³-hybridized carbons (Fsp3) is 0.269. The SMILES string of the molecule is O=C1CCCN1Cc1ccc(-c2ccccc2CNS(=O)(=O)c2ccc3c(c2)OCCO3)cc1. The summed E-state index contributed by atoms with van der Waals surface area (Å²) in [4.78, 5) is 13.9. The van der Waals surface area contributed by atoms with Gasteiger partial charge < -0.3 is 14.4 Å². The van der Waals surface area contributed by atoms with Crippen LogP contribution in [-0.2, 0) is 27.9 Å². The first kappa shape index (κ1) is 22.4. The number of benzene rings is 3. The minimum atomic E-state index is -3.74. The highest BCUT2D eigenvalue weighted by atomic mass is 32.2. The zero-order valence-corrected chi connectivity index (χ0v) is 19.5. The number of carbonyl (C=O) groups excluding carboxylic acids is 1. The van der Waals surface area contributed by atoms with E-state index in [0.717, 1.165) is 35.2 Å². The average Bonchev–Trinajstić information content (AvgIpc) is 3.27. The van der Waals surface area contributed by atoms with Crippen LogP contribution in [0.15, 0.2) is 71.6 Å². The summed E-state index contributed by atoms with van der Waals surface area (Å²) in [6, 6.07) is 20.4. The Morgan fingerprint density at radius 3 is 2.44 bits per heavy atom. The molecule has 3 aromatic carbocycles. The Morgan fingerprint density at radius 1 is 0.912 bits per heavy atom. The molecule has 0 bridgehead atoms. The Morgan fingerprint density at radius 2 is 1.68 bits per heavy atom. The Labute approximate surface area is 199 Å². The van der Waals surface area contributed by atoms with Crippen LogP contribution in [0.3, 0.4) is 0 Å². The molecule has 8 heteroatoms. The van der Waals surface area contributed by atoms with Crippen molar-refractivity contribution in [3.63, 3.8) is 0 Å². The quantitative estimate of drug-likeness (QED) is 0.559. The maximum atomic E-state index is 12.9. The van der Waals surface area contributed by atoms with Crippen LogP contribution in [0.1, 0.15) is 24.0 Å². The highest BCUT2D eigenvalue weighted by Gasteiger charge is 2.21. The molecule has 2 aliphatic heterocycles. The van der Waals surface area contributed by atoms with Crippen molar-refractivity contribution < 1.29 is 22.7 Å². The monoisotopic (exact) mass is 478 g/mol. The lowest BCUT2D eigenvalue weighted by Crippen LogP contribution is -2.24. The van der Waals surface area contributed by atoms with E-state index in [-0.39, 0.29) is 17.3 Å². The van der Waals surface area contributed by atoms with Crippen molar-refractivity contribution in [2.75, 3.05) is 19.8 Å². The zero-order valence-electron chi connectivity index (χ0n) is 18.7. The average molecular weight is 479 g/mol. The van der Waals surface area contributed by atoms with E-state index < -0.39 is 10.0 Å². The van der Waals surface area contributed by atoms with Gasteiger partial charge in [-0.25, -0.2) is 13.1 Å². The number of nitrogens with one attached hydrogen (secondary N) is 1. The fourth-order valence-corrected chi connectivity index (χ4v) is 5.31. The van der Waals surface area contributed by atoms with Crippen molar-refractivity contribution in [3.8, 4) is 22.6 Å². The number of amides is 1. The van der Waals surface area contributed by atoms with Gasteiger partial charge in [0, 0.05) is 32.1 Å². The van der Waals surface area contributed by atoms with E-state index in [1.807, 2.05) is 53.4 Å². The molecule has 0 radical (unpaired) electrons. The van der Waals surface area contributed by atoms with Crippen LogP contribution in [0.4, 0.5) is 0 Å². The molecule has 1 saturated heterocycles. The summed E-state index contributed by atoms with van der Waals surface area (Å²) in [5, 5.41) is 0. The van der Waals surface area contributed by atoms with Gasteiger partial charge in [0.1, 0.15) is 13.2 Å². The van der Waals surface area contributed by atoms with Crippen LogP contribution in [-0.4, -0.2) is 39.0 Å². The summed E-state index contributed by atoms with van der Waals surface area (Å²) in [6.07, 6.45) is 1.56. The van der Waals surface area contributed by atoms with Gasteiger partial charge in [0.15, 0.2) is 11.5 Å². The molecule has 1 amide bonds. The summed E-state index contributed by atoms with van der Waals surface area (Å²) in [5.41, 5.74) is 3.89. The molecule has 1 N–H and O–H groups in total. The lowest BCUT2D eigenvalue weighted by molar-refractivity contribution is -0.128. The third-order valence-corrected chi connectivity index (χ3v) is 7.50. The minimum Gasteiger partial charge on any atom is -0.486 e. The Kier molecular flexibility index (Phi) is 6.26. The topological polar surface area (TPSA) is 84.9 Å². The maximum Gasteiger partial charge on any atom is 0.241 e. The van der Waals surface area contributed by atoms with Gasteiger partial charge in [-0.1, -0.05) is 48.5 Å². The molecule has 2 aliphatic rings. The number of carbonyl (C=O) groups is 1. The van der Waals surface area contributed by atoms with Gasteiger partial charge in [0.05, 0.1) is 4.90 Å². The number of sulfonamides is 1. The Bertz CT molecular complexity index is 1310. The fourth-order valence-electron chi connectivity index (χ4n) is 4.28. The standard InChI is InChI=1S/C26H26N2O5S/c29-26-6-3-13-28(26)18-19-7-9-20(10-8-19)23-5-2-1-4-21(23)17-27-34(30,31)22-11-12-24-25(16-22)33-15-14-32-24/h1-2,4-5,7-12,16,27H,3,6,13-15,17-18H2. The number of nitrogens with zero attached hydrogens (tertiary/aromatic N) is 1. The predicted molar refractivity (Wildman–Crippen MR) is 128 cm³/mol. The van der Waals surface area contributed by atoms with Crippen LogP contribution in [0, 0.1) is 0 Å². The van der Waals surface area contributed by atoms with Gasteiger partial charge in [-0.15, -0.1) is 0 Å². The van der Waals surface area contributed by atoms with Crippen LogP contribution in [0.2, 0.25) is 0 Å². The number of ether oxygens (including phenoxy) is 2. The molecular weight excluding hydrogens is 452 g/mol. The first-order valence-electron chi connectivity index (χ1n) is 11.3. The van der Waals surface area contributed by atoms with Gasteiger partial charge >= 0.3 is 0 Å². The van der Waals surface area contributed by atoms with Crippen molar-refractivity contribution in [2.24, 2.45) is 0 Å². The molecular formula is C26H26N2O5S. The summed E-state index contributed by atoms with van der Waals surface area (Å²) in [6.45, 7) is 2.43. The number of rotatable bonds is 7. The van der Waals surface area contributed by atoms with Crippen LogP contribution in [0.5, 0.6) is 11.5 Å². The third kappa shape index (κ3) is 4.78. The second-order valence-corrected chi connectivity index (χ2v) is 10.2. The molecule has 0 unspecified atom stereocenters. The van der Waals surface area contributed by atoms with Crippen LogP contribution >= 0.6 is 0 Å². The molecule has 0 aromatic heterocycles. The molecule has 1 fully saturated rings. The molecule has 5 rings (SSSR count). The first-order valence-corrected chi connectivity index (χ1v) is 12.8. The predicted octanol–water partition coefficient (Wildman–Crippen LogP) is 3.73. The van der Waals surface area contributed by atoms with Gasteiger partial charge in [-0.05, 0) is 40.8 Å². The van der Waals surface area contributed by atoms with E-state index in [1.165, 1.54) is 12.1 Å². The number of likely N-dealkylation sites (tertiary alicyclic amines) is 1. The molecule has 0 spiro atoms. The van der Waals surface area contributed by atoms with Crippen molar-refractivity contribution in [1.82, 2.24) is 9.62 Å². The molecule has 0 atom stereocenters. The van der Waals surface area contributed by atoms with E-state index >= 15 is 0 Å². The Hall–Kier alpha value is -3.36. The van der Waals surface area contributed by atoms with Gasteiger partial charge in [0.25, 0.3) is 0 Å². The van der Waals surface area contributed by atoms with E-state index in [1.54, 1.807) is 6.07 Å². The zero-order chi connectivity index (χ0) is 23.5. The highest BCUT2D eigenvalue weighted by Crippen LogP contribution is 2.32. The summed E-state index contributed by atoms with van der Waals surface area (Å²) in [7, 11) is -3.74. The normalized spacial score (nSPS) is 15.5. The molecule has 176 valence electrons. The van der Waals surface area contributed by atoms with E-state index in [9.17, 15) is 13.2 Å². The molecule has 34 heavy (non-hydrogen) atoms. The van der Waals surface area contributed by atoms with Gasteiger partial charge in [-0.2, -0.15) is 0 Å². The highest BCUT2D eigenvalue weighted by molar-refractivity contribution is 7.89. The number of hydrogen-bond donors (Lipinski definition) is 1. The number of fused-ring (bicyclic) bond motifs is 1. The summed E-state index contributed by atoms with van der Waals surface area (Å²) >= 11 is 0. The molecule has 7 nitrogen and oxygen atoms in total. The first-order chi connectivity index (χ1) is 16.5. The minimum absolute atomic E-state index is 0.134. The molecule has 0 aliphatic carbocycles. The summed E-state index contributed by atoms with van der Waals surface area (Å²) < 4.78 is 39.6. The lowest BCUT2D eigenvalue weighted by Gasteiger charge is -2.19. The van der Waals surface area contributed by atoms with Crippen molar-refractivity contribution >= 4 is 15.9 Å².